The molecule has 0 unspecified atom stereocenters. The maximum absolute atomic E-state index is 12.0. The first kappa shape index (κ1) is 14.6. The van der Waals surface area contributed by atoms with E-state index in [9.17, 15) is 9.59 Å². The fourth-order valence-electron chi connectivity index (χ4n) is 1.77. The van der Waals surface area contributed by atoms with E-state index in [1.165, 1.54) is 12.1 Å². The van der Waals surface area contributed by atoms with E-state index in [1.54, 1.807) is 36.4 Å². The number of hydrogen-bond donors (Lipinski definition) is 2. The molecule has 5 nitrogen and oxygen atoms in total. The van der Waals surface area contributed by atoms with Crippen LogP contribution in [0.3, 0.4) is 0 Å². The van der Waals surface area contributed by atoms with Gasteiger partial charge in [0.15, 0.2) is 0 Å². The van der Waals surface area contributed by atoms with Crippen LogP contribution in [-0.4, -0.2) is 23.6 Å². The number of anilines is 1. The predicted molar refractivity (Wildman–Crippen MR) is 79.0 cm³/mol. The maximum atomic E-state index is 12.0. The van der Waals surface area contributed by atoms with E-state index < -0.39 is 5.97 Å². The minimum Gasteiger partial charge on any atom is -0.494 e. The van der Waals surface area contributed by atoms with Crippen LogP contribution in [0.1, 0.15) is 27.6 Å². The quantitative estimate of drug-likeness (QED) is 0.885. The number of aromatic carboxylic acids is 1. The van der Waals surface area contributed by atoms with Gasteiger partial charge in [0.05, 0.1) is 12.2 Å². The van der Waals surface area contributed by atoms with Gasteiger partial charge in [-0.25, -0.2) is 4.79 Å². The summed E-state index contributed by atoms with van der Waals surface area (Å²) in [4.78, 5) is 22.8. The van der Waals surface area contributed by atoms with Crippen LogP contribution in [0.4, 0.5) is 5.69 Å². The third-order valence-electron chi connectivity index (χ3n) is 2.82. The summed E-state index contributed by atoms with van der Waals surface area (Å²) in [5.74, 6) is -0.555. The lowest BCUT2D eigenvalue weighted by Crippen LogP contribution is -2.11. The van der Waals surface area contributed by atoms with Gasteiger partial charge >= 0.3 is 5.97 Å². The Morgan fingerprint density at radius 2 is 1.57 bits per heavy atom. The molecule has 0 spiro atoms. The SMILES string of the molecule is CCOc1ccc(C(=O)Nc2ccc(C(=O)O)cc2)cc1. The number of hydrogen-bond acceptors (Lipinski definition) is 3. The third-order valence-corrected chi connectivity index (χ3v) is 2.82. The van der Waals surface area contributed by atoms with Crippen molar-refractivity contribution in [3.05, 3.63) is 59.7 Å². The molecule has 0 saturated carbocycles. The molecule has 2 aromatic carbocycles. The Bertz CT molecular complexity index is 632. The molecule has 5 heteroatoms. The van der Waals surface area contributed by atoms with Crippen molar-refractivity contribution >= 4 is 17.6 Å². The number of carboxylic acid groups (broad SMARTS) is 1. The van der Waals surface area contributed by atoms with Gasteiger partial charge in [0.2, 0.25) is 0 Å². The first-order chi connectivity index (χ1) is 10.1. The molecular weight excluding hydrogens is 270 g/mol. The zero-order chi connectivity index (χ0) is 15.2. The van der Waals surface area contributed by atoms with E-state index in [0.29, 0.717) is 23.6 Å². The van der Waals surface area contributed by atoms with Crippen LogP contribution >= 0.6 is 0 Å². The van der Waals surface area contributed by atoms with Crippen molar-refractivity contribution in [3.8, 4) is 5.75 Å². The molecular formula is C16H15NO4. The van der Waals surface area contributed by atoms with Gasteiger partial charge in [-0.3, -0.25) is 4.79 Å². The van der Waals surface area contributed by atoms with Crippen molar-refractivity contribution in [3.63, 3.8) is 0 Å². The lowest BCUT2D eigenvalue weighted by molar-refractivity contribution is 0.0696. The topological polar surface area (TPSA) is 75.6 Å². The Morgan fingerprint density at radius 1 is 1.00 bits per heavy atom. The van der Waals surface area contributed by atoms with Crippen LogP contribution in [0.2, 0.25) is 0 Å². The van der Waals surface area contributed by atoms with Gasteiger partial charge in [0.25, 0.3) is 5.91 Å². The highest BCUT2D eigenvalue weighted by Gasteiger charge is 2.07. The van der Waals surface area contributed by atoms with Gasteiger partial charge in [-0.05, 0) is 55.5 Å². The Morgan fingerprint density at radius 3 is 2.10 bits per heavy atom. The standard InChI is InChI=1S/C16H15NO4/c1-2-21-14-9-5-11(6-10-14)15(18)17-13-7-3-12(4-8-13)16(19)20/h3-10H,2H2,1H3,(H,17,18)(H,19,20). The van der Waals surface area contributed by atoms with Gasteiger partial charge in [0, 0.05) is 11.3 Å². The smallest absolute Gasteiger partial charge is 0.335 e. The third kappa shape index (κ3) is 3.82. The first-order valence-corrected chi connectivity index (χ1v) is 6.47. The predicted octanol–water partition coefficient (Wildman–Crippen LogP) is 3.04. The number of rotatable bonds is 5. The molecule has 0 aliphatic rings. The van der Waals surface area contributed by atoms with Crippen molar-refractivity contribution in [1.29, 1.82) is 0 Å². The lowest BCUT2D eigenvalue weighted by Gasteiger charge is -2.07. The summed E-state index contributed by atoms with van der Waals surface area (Å²) < 4.78 is 5.31. The van der Waals surface area contributed by atoms with E-state index in [-0.39, 0.29) is 11.5 Å². The van der Waals surface area contributed by atoms with Gasteiger partial charge in [-0.2, -0.15) is 0 Å². The van der Waals surface area contributed by atoms with E-state index >= 15 is 0 Å². The van der Waals surface area contributed by atoms with Gasteiger partial charge < -0.3 is 15.2 Å². The molecule has 2 N–H and O–H groups in total. The minimum absolute atomic E-state index is 0.175. The Labute approximate surface area is 122 Å². The molecule has 21 heavy (non-hydrogen) atoms. The monoisotopic (exact) mass is 285 g/mol. The number of nitrogens with one attached hydrogen (secondary N) is 1. The fourth-order valence-corrected chi connectivity index (χ4v) is 1.77. The average molecular weight is 285 g/mol. The molecule has 2 rings (SSSR count). The highest BCUT2D eigenvalue weighted by atomic mass is 16.5. The zero-order valence-corrected chi connectivity index (χ0v) is 11.5. The molecule has 1 amide bonds. The van der Waals surface area contributed by atoms with E-state index in [4.69, 9.17) is 9.84 Å². The summed E-state index contributed by atoms with van der Waals surface area (Å²) >= 11 is 0. The van der Waals surface area contributed by atoms with Crippen LogP contribution in [0, 0.1) is 0 Å². The average Bonchev–Trinajstić information content (AvgIpc) is 2.49. The summed E-state index contributed by atoms with van der Waals surface area (Å²) in [5.41, 5.74) is 1.22. The normalized spacial score (nSPS) is 9.95. The second-order valence-electron chi connectivity index (χ2n) is 4.29. The summed E-state index contributed by atoms with van der Waals surface area (Å²) in [6.07, 6.45) is 0. The van der Waals surface area contributed by atoms with Crippen LogP contribution in [0.25, 0.3) is 0 Å². The molecule has 0 aliphatic carbocycles. The summed E-state index contributed by atoms with van der Waals surface area (Å²) in [6, 6.07) is 12.8. The molecule has 2 aromatic rings. The van der Waals surface area contributed by atoms with E-state index in [0.717, 1.165) is 0 Å². The van der Waals surface area contributed by atoms with Crippen LogP contribution in [-0.2, 0) is 0 Å². The molecule has 0 atom stereocenters. The fraction of sp³-hybridized carbons (Fsp3) is 0.125. The number of amides is 1. The van der Waals surface area contributed by atoms with Gasteiger partial charge in [-0.15, -0.1) is 0 Å². The number of ether oxygens (including phenoxy) is 1. The number of benzene rings is 2. The number of carbonyl (C=O) groups excluding carboxylic acids is 1. The lowest BCUT2D eigenvalue weighted by atomic mass is 10.2. The van der Waals surface area contributed by atoms with Gasteiger partial charge in [-0.1, -0.05) is 0 Å². The molecule has 0 saturated heterocycles. The van der Waals surface area contributed by atoms with E-state index in [2.05, 4.69) is 5.32 Å². The van der Waals surface area contributed by atoms with Crippen molar-refractivity contribution in [2.24, 2.45) is 0 Å². The molecule has 0 bridgehead atoms. The van der Waals surface area contributed by atoms with Crippen molar-refractivity contribution in [2.45, 2.75) is 6.92 Å². The highest BCUT2D eigenvalue weighted by molar-refractivity contribution is 6.04. The molecule has 0 fully saturated rings. The minimum atomic E-state index is -1.00. The van der Waals surface area contributed by atoms with Crippen molar-refractivity contribution in [1.82, 2.24) is 0 Å². The zero-order valence-electron chi connectivity index (χ0n) is 11.5. The molecule has 0 aliphatic heterocycles. The van der Waals surface area contributed by atoms with E-state index in [1.807, 2.05) is 6.92 Å². The van der Waals surface area contributed by atoms with Crippen molar-refractivity contribution < 1.29 is 19.4 Å². The highest BCUT2D eigenvalue weighted by Crippen LogP contribution is 2.15. The summed E-state index contributed by atoms with van der Waals surface area (Å²) in [6.45, 7) is 2.46. The molecule has 0 radical (unpaired) electrons. The molecule has 108 valence electrons. The Balaban J connectivity index is 2.05. The van der Waals surface area contributed by atoms with Crippen molar-refractivity contribution in [2.75, 3.05) is 11.9 Å². The van der Waals surface area contributed by atoms with Crippen LogP contribution in [0.5, 0.6) is 5.75 Å². The number of carboxylic acids is 1. The Kier molecular flexibility index (Phi) is 4.56. The number of carbonyl (C=O) groups is 2. The largest absolute Gasteiger partial charge is 0.494 e. The van der Waals surface area contributed by atoms with Crippen LogP contribution in [0.15, 0.2) is 48.5 Å². The second-order valence-corrected chi connectivity index (χ2v) is 4.29. The molecule has 0 heterocycles. The summed E-state index contributed by atoms with van der Waals surface area (Å²) in [7, 11) is 0. The summed E-state index contributed by atoms with van der Waals surface area (Å²) in [5, 5.41) is 11.5. The first-order valence-electron chi connectivity index (χ1n) is 6.47. The Hall–Kier alpha value is -2.82. The second kappa shape index (κ2) is 6.56. The molecule has 0 aromatic heterocycles. The maximum Gasteiger partial charge on any atom is 0.335 e. The van der Waals surface area contributed by atoms with Crippen LogP contribution < -0.4 is 10.1 Å². The van der Waals surface area contributed by atoms with Gasteiger partial charge in [0.1, 0.15) is 5.75 Å².